The molecule has 11 rings (SSSR count). The zero-order valence-corrected chi connectivity index (χ0v) is 31.9. The molecular formula is C55H39NO. The van der Waals surface area contributed by atoms with E-state index in [0.29, 0.717) is 0 Å². The summed E-state index contributed by atoms with van der Waals surface area (Å²) in [6.45, 7) is 4.71. The van der Waals surface area contributed by atoms with Crippen LogP contribution in [0, 0.1) is 0 Å². The molecule has 2 heteroatoms. The fourth-order valence-electron chi connectivity index (χ4n) is 9.24. The van der Waals surface area contributed by atoms with E-state index in [2.05, 4.69) is 213 Å². The predicted octanol–water partition coefficient (Wildman–Crippen LogP) is 15.4. The monoisotopic (exact) mass is 729 g/mol. The Morgan fingerprint density at radius 2 is 0.930 bits per heavy atom. The lowest BCUT2D eigenvalue weighted by Crippen LogP contribution is -2.16. The second-order valence-electron chi connectivity index (χ2n) is 15.7. The minimum Gasteiger partial charge on any atom is -0.456 e. The number of nitrogens with zero attached hydrogens (tertiary/aromatic N) is 1. The van der Waals surface area contributed by atoms with E-state index < -0.39 is 0 Å². The molecule has 1 heterocycles. The van der Waals surface area contributed by atoms with Gasteiger partial charge >= 0.3 is 0 Å². The van der Waals surface area contributed by atoms with E-state index in [1.807, 2.05) is 6.07 Å². The van der Waals surface area contributed by atoms with E-state index in [9.17, 15) is 0 Å². The van der Waals surface area contributed by atoms with Crippen LogP contribution in [0.2, 0.25) is 0 Å². The van der Waals surface area contributed by atoms with Gasteiger partial charge in [-0.05, 0) is 121 Å². The van der Waals surface area contributed by atoms with Crippen molar-refractivity contribution in [2.75, 3.05) is 4.90 Å². The van der Waals surface area contributed by atoms with Gasteiger partial charge in [0, 0.05) is 33.6 Å². The predicted molar refractivity (Wildman–Crippen MR) is 238 cm³/mol. The lowest BCUT2D eigenvalue weighted by Gasteiger charge is -2.29. The van der Waals surface area contributed by atoms with Crippen LogP contribution in [-0.2, 0) is 5.41 Å². The summed E-state index contributed by atoms with van der Waals surface area (Å²) in [6, 6.07) is 72.7. The summed E-state index contributed by atoms with van der Waals surface area (Å²) in [5.41, 5.74) is 17.7. The van der Waals surface area contributed by atoms with E-state index in [1.54, 1.807) is 0 Å². The molecule has 0 atom stereocenters. The highest BCUT2D eigenvalue weighted by atomic mass is 16.5. The average molecular weight is 730 g/mol. The third-order valence-corrected chi connectivity index (χ3v) is 12.0. The maximum Gasteiger partial charge on any atom is 0.135 e. The van der Waals surface area contributed by atoms with Gasteiger partial charge in [0.25, 0.3) is 0 Å². The zero-order valence-electron chi connectivity index (χ0n) is 31.9. The van der Waals surface area contributed by atoms with Crippen molar-refractivity contribution in [1.29, 1.82) is 0 Å². The van der Waals surface area contributed by atoms with Gasteiger partial charge in [0.2, 0.25) is 0 Å². The molecule has 2 nitrogen and oxygen atoms in total. The molecule has 9 aromatic carbocycles. The molecule has 270 valence electrons. The summed E-state index contributed by atoms with van der Waals surface area (Å²) in [6.07, 6.45) is 0. The quantitative estimate of drug-likeness (QED) is 0.175. The summed E-state index contributed by atoms with van der Waals surface area (Å²) in [7, 11) is 0. The molecule has 0 saturated heterocycles. The van der Waals surface area contributed by atoms with Gasteiger partial charge in [0.15, 0.2) is 0 Å². The van der Waals surface area contributed by atoms with E-state index in [-0.39, 0.29) is 5.41 Å². The number of para-hydroxylation sites is 1. The van der Waals surface area contributed by atoms with Crippen molar-refractivity contribution in [1.82, 2.24) is 0 Å². The van der Waals surface area contributed by atoms with Gasteiger partial charge in [-0.25, -0.2) is 0 Å². The normalized spacial score (nSPS) is 13.0. The van der Waals surface area contributed by atoms with Crippen LogP contribution in [0.1, 0.15) is 25.0 Å². The summed E-state index contributed by atoms with van der Waals surface area (Å²) in [4.78, 5) is 2.45. The minimum absolute atomic E-state index is 0.147. The second-order valence-corrected chi connectivity index (χ2v) is 15.7. The van der Waals surface area contributed by atoms with Crippen molar-refractivity contribution in [3.05, 3.63) is 211 Å². The highest BCUT2D eigenvalue weighted by Crippen LogP contribution is 2.53. The van der Waals surface area contributed by atoms with E-state index in [1.165, 1.54) is 55.6 Å². The molecule has 0 N–H and O–H groups in total. The largest absolute Gasteiger partial charge is 0.456 e. The third kappa shape index (κ3) is 5.40. The highest BCUT2D eigenvalue weighted by Gasteiger charge is 2.36. The first-order valence-corrected chi connectivity index (χ1v) is 19.8. The van der Waals surface area contributed by atoms with Crippen molar-refractivity contribution in [2.24, 2.45) is 0 Å². The van der Waals surface area contributed by atoms with Crippen LogP contribution in [0.4, 0.5) is 17.1 Å². The average Bonchev–Trinajstić information content (AvgIpc) is 3.39. The van der Waals surface area contributed by atoms with Crippen LogP contribution < -0.4 is 9.64 Å². The number of anilines is 3. The maximum atomic E-state index is 6.78. The van der Waals surface area contributed by atoms with Crippen LogP contribution in [0.25, 0.3) is 66.4 Å². The Labute approximate surface area is 333 Å². The van der Waals surface area contributed by atoms with Crippen molar-refractivity contribution < 1.29 is 4.74 Å². The molecule has 0 fully saturated rings. The molecular weight excluding hydrogens is 691 g/mol. The first kappa shape index (κ1) is 33.2. The third-order valence-electron chi connectivity index (χ3n) is 12.0. The van der Waals surface area contributed by atoms with Crippen molar-refractivity contribution in [2.45, 2.75) is 19.3 Å². The van der Waals surface area contributed by atoms with Crippen LogP contribution in [-0.4, -0.2) is 0 Å². The van der Waals surface area contributed by atoms with E-state index >= 15 is 0 Å². The van der Waals surface area contributed by atoms with Gasteiger partial charge in [0.1, 0.15) is 11.5 Å². The van der Waals surface area contributed by atoms with Crippen molar-refractivity contribution in [3.63, 3.8) is 0 Å². The molecule has 2 aliphatic rings. The number of benzene rings is 9. The number of hydrogen-bond acceptors (Lipinski definition) is 2. The number of hydrogen-bond donors (Lipinski definition) is 0. The molecule has 57 heavy (non-hydrogen) atoms. The molecule has 1 aliphatic heterocycles. The molecule has 0 aromatic heterocycles. The number of ether oxygens (including phenoxy) is 1. The molecule has 0 bridgehead atoms. The number of fused-ring (bicyclic) bond motifs is 10. The van der Waals surface area contributed by atoms with Crippen LogP contribution >= 0.6 is 0 Å². The first-order valence-electron chi connectivity index (χ1n) is 19.8. The minimum atomic E-state index is -0.147. The SMILES string of the molecule is CC1(C)c2ccccc2-c2ccc(N(c3cc(-c4ccccc4)cc(-c4ccccc4)c3)c3ccc4ccc5c(c4c3)-c3ccccc3-c3ccccc3O5)cc21. The van der Waals surface area contributed by atoms with Gasteiger partial charge in [-0.2, -0.15) is 0 Å². The van der Waals surface area contributed by atoms with Gasteiger partial charge in [-0.3, -0.25) is 0 Å². The van der Waals surface area contributed by atoms with Crippen molar-refractivity contribution in [3.8, 4) is 67.1 Å². The van der Waals surface area contributed by atoms with E-state index in [4.69, 9.17) is 4.74 Å². The smallest absolute Gasteiger partial charge is 0.135 e. The molecule has 0 saturated carbocycles. The number of rotatable bonds is 5. The fourth-order valence-corrected chi connectivity index (χ4v) is 9.24. The summed E-state index contributed by atoms with van der Waals surface area (Å²) < 4.78 is 6.78. The Morgan fingerprint density at radius 1 is 0.368 bits per heavy atom. The van der Waals surface area contributed by atoms with Crippen molar-refractivity contribution >= 4 is 27.8 Å². The lowest BCUT2D eigenvalue weighted by molar-refractivity contribution is 0.488. The molecule has 1 aliphatic carbocycles. The Morgan fingerprint density at radius 3 is 1.67 bits per heavy atom. The molecule has 0 radical (unpaired) electrons. The molecule has 0 unspecified atom stereocenters. The van der Waals surface area contributed by atoms with Crippen LogP contribution in [0.3, 0.4) is 0 Å². The standard InChI is InChI=1S/C55H39NO/c1-55(2)50-23-13-11-20-45(50)46-29-28-42(35-51(46)55)56(43-32-39(36-15-5-3-6-16-36)31-40(33-43)37-17-7-4-8-18-37)41-27-25-38-26-30-53-54(49(38)34-41)48-22-10-9-19-44(48)47-21-12-14-24-52(47)57-53/h3-35H,1-2H3. The Bertz CT molecular complexity index is 2960. The van der Waals surface area contributed by atoms with Crippen LogP contribution in [0.15, 0.2) is 200 Å². The second kappa shape index (κ2) is 13.0. The van der Waals surface area contributed by atoms with Gasteiger partial charge in [0.05, 0.1) is 0 Å². The topological polar surface area (TPSA) is 12.5 Å². The Hall–Kier alpha value is -7.16. The summed E-state index contributed by atoms with van der Waals surface area (Å²) in [5, 5.41) is 2.31. The molecule has 0 amide bonds. The first-order chi connectivity index (χ1) is 28.0. The van der Waals surface area contributed by atoms with Gasteiger partial charge in [-0.1, -0.05) is 159 Å². The fraction of sp³-hybridized carbons (Fsp3) is 0.0545. The molecule has 9 aromatic rings. The van der Waals surface area contributed by atoms with E-state index in [0.717, 1.165) is 50.5 Å². The van der Waals surface area contributed by atoms with Gasteiger partial charge < -0.3 is 9.64 Å². The Balaban J connectivity index is 1.18. The van der Waals surface area contributed by atoms with Gasteiger partial charge in [-0.15, -0.1) is 0 Å². The van der Waals surface area contributed by atoms with Crippen LogP contribution in [0.5, 0.6) is 11.5 Å². The Kier molecular flexibility index (Phi) is 7.55. The summed E-state index contributed by atoms with van der Waals surface area (Å²) >= 11 is 0. The maximum absolute atomic E-state index is 6.78. The lowest BCUT2D eigenvalue weighted by atomic mass is 9.82. The zero-order chi connectivity index (χ0) is 38.1. The highest BCUT2D eigenvalue weighted by molar-refractivity contribution is 6.06. The summed E-state index contributed by atoms with van der Waals surface area (Å²) in [5.74, 6) is 1.73. The molecule has 0 spiro atoms.